The van der Waals surface area contributed by atoms with Gasteiger partial charge in [-0.25, -0.2) is 4.98 Å². The van der Waals surface area contributed by atoms with E-state index in [0.717, 1.165) is 44.2 Å². The van der Waals surface area contributed by atoms with Gasteiger partial charge in [-0.3, -0.25) is 9.59 Å². The molecule has 6 rings (SSSR count). The third-order valence-corrected chi connectivity index (χ3v) is 8.49. The normalized spacial score (nSPS) is 21.5. The number of fused-ring (bicyclic) bond motifs is 4. The second-order valence-corrected chi connectivity index (χ2v) is 12.0. The number of aromatic nitrogens is 1. The molecule has 1 aromatic heterocycles. The van der Waals surface area contributed by atoms with Gasteiger partial charge in [0.05, 0.1) is 11.5 Å². The fraction of sp³-hybridized carbons (Fsp3) is 0.406. The Hall–Kier alpha value is -3.47. The first-order chi connectivity index (χ1) is 17.8. The highest BCUT2D eigenvalue weighted by Crippen LogP contribution is 2.46. The van der Waals surface area contributed by atoms with Gasteiger partial charge in [-0.15, -0.1) is 0 Å². The van der Waals surface area contributed by atoms with Crippen LogP contribution in [0.1, 0.15) is 73.0 Å². The van der Waals surface area contributed by atoms with Gasteiger partial charge in [0, 0.05) is 23.7 Å². The van der Waals surface area contributed by atoms with Gasteiger partial charge in [-0.05, 0) is 72.4 Å². The molecular weight excluding hydrogens is 458 g/mol. The zero-order valence-electron chi connectivity index (χ0n) is 22.0. The van der Waals surface area contributed by atoms with Crippen LogP contribution < -0.4 is 5.32 Å². The monoisotopic (exact) mass is 493 g/mol. The summed E-state index contributed by atoms with van der Waals surface area (Å²) in [6.07, 6.45) is 7.03. The average molecular weight is 494 g/mol. The Bertz CT molecular complexity index is 1390. The van der Waals surface area contributed by atoms with Crippen molar-refractivity contribution in [1.82, 2.24) is 9.88 Å². The molecule has 1 aliphatic heterocycles. The van der Waals surface area contributed by atoms with Crippen LogP contribution in [-0.4, -0.2) is 28.2 Å². The van der Waals surface area contributed by atoms with Crippen LogP contribution in [-0.2, 0) is 40.7 Å². The lowest BCUT2D eigenvalue weighted by Crippen LogP contribution is -2.42. The maximum atomic E-state index is 13.5. The SMILES string of the molecule is CC(C)(C)C(=O)N(CCCc1ccc2c(c1)C[C@@]1(C2)C(=O)Nc2ncccc21)[C@@H]1CCc2ccccc21. The molecule has 1 spiro atoms. The quantitative estimate of drug-likeness (QED) is 0.506. The Morgan fingerprint density at radius 1 is 1.05 bits per heavy atom. The molecule has 5 heteroatoms. The van der Waals surface area contributed by atoms with Crippen molar-refractivity contribution < 1.29 is 9.59 Å². The molecule has 190 valence electrons. The average Bonchev–Trinajstić information content (AvgIpc) is 3.55. The molecule has 2 atom stereocenters. The van der Waals surface area contributed by atoms with E-state index < -0.39 is 10.8 Å². The second-order valence-electron chi connectivity index (χ2n) is 12.0. The summed E-state index contributed by atoms with van der Waals surface area (Å²) < 4.78 is 0. The summed E-state index contributed by atoms with van der Waals surface area (Å²) in [6.45, 7) is 6.81. The zero-order chi connectivity index (χ0) is 25.8. The molecule has 2 aliphatic carbocycles. The van der Waals surface area contributed by atoms with Crippen LogP contribution in [0.25, 0.3) is 0 Å². The van der Waals surface area contributed by atoms with Crippen molar-refractivity contribution in [2.75, 3.05) is 11.9 Å². The lowest BCUT2D eigenvalue weighted by molar-refractivity contribution is -0.142. The first-order valence-electron chi connectivity index (χ1n) is 13.5. The minimum Gasteiger partial charge on any atom is -0.335 e. The molecule has 0 radical (unpaired) electrons. The summed E-state index contributed by atoms with van der Waals surface area (Å²) in [5, 5.41) is 3.00. The summed E-state index contributed by atoms with van der Waals surface area (Å²) in [4.78, 5) is 33.1. The van der Waals surface area contributed by atoms with E-state index in [1.165, 1.54) is 27.8 Å². The molecule has 0 fully saturated rings. The van der Waals surface area contributed by atoms with Crippen LogP contribution in [0.5, 0.6) is 0 Å². The largest absolute Gasteiger partial charge is 0.335 e. The molecule has 0 saturated heterocycles. The highest BCUT2D eigenvalue weighted by Gasteiger charge is 2.51. The first-order valence-corrected chi connectivity index (χ1v) is 13.5. The van der Waals surface area contributed by atoms with E-state index >= 15 is 0 Å². The Kier molecular flexibility index (Phi) is 5.70. The Labute approximate surface area is 219 Å². The number of rotatable bonds is 5. The Morgan fingerprint density at radius 2 is 1.86 bits per heavy atom. The van der Waals surface area contributed by atoms with Gasteiger partial charge in [0.2, 0.25) is 11.8 Å². The fourth-order valence-corrected chi connectivity index (χ4v) is 6.62. The number of aryl methyl sites for hydroxylation is 2. The Balaban J connectivity index is 1.18. The number of nitrogens with zero attached hydrogens (tertiary/aromatic N) is 2. The van der Waals surface area contributed by atoms with E-state index in [2.05, 4.69) is 57.7 Å². The number of carbonyl (C=O) groups is 2. The third-order valence-electron chi connectivity index (χ3n) is 8.49. The van der Waals surface area contributed by atoms with Crippen LogP contribution >= 0.6 is 0 Å². The number of amides is 2. The highest BCUT2D eigenvalue weighted by atomic mass is 16.2. The van der Waals surface area contributed by atoms with Crippen molar-refractivity contribution in [2.24, 2.45) is 5.41 Å². The molecule has 1 N–H and O–H groups in total. The smallest absolute Gasteiger partial charge is 0.237 e. The molecule has 3 aromatic rings. The number of nitrogens with one attached hydrogen (secondary N) is 1. The second kappa shape index (κ2) is 8.83. The number of hydrogen-bond acceptors (Lipinski definition) is 3. The molecule has 3 aliphatic rings. The number of anilines is 1. The van der Waals surface area contributed by atoms with Gasteiger partial charge in [-0.2, -0.15) is 0 Å². The van der Waals surface area contributed by atoms with Gasteiger partial charge >= 0.3 is 0 Å². The van der Waals surface area contributed by atoms with Crippen LogP contribution in [0, 0.1) is 5.41 Å². The maximum absolute atomic E-state index is 13.5. The molecule has 2 aromatic carbocycles. The lowest BCUT2D eigenvalue weighted by atomic mass is 9.79. The summed E-state index contributed by atoms with van der Waals surface area (Å²) in [7, 11) is 0. The maximum Gasteiger partial charge on any atom is 0.237 e. The minimum atomic E-state index is -0.531. The van der Waals surface area contributed by atoms with E-state index in [4.69, 9.17) is 0 Å². The summed E-state index contributed by atoms with van der Waals surface area (Å²) in [6, 6.07) is 19.4. The summed E-state index contributed by atoms with van der Waals surface area (Å²) >= 11 is 0. The van der Waals surface area contributed by atoms with E-state index in [1.54, 1.807) is 6.20 Å². The molecular formula is C32H35N3O2. The summed E-state index contributed by atoms with van der Waals surface area (Å²) in [5.74, 6) is 0.995. The number of hydrogen-bond donors (Lipinski definition) is 1. The number of carbonyl (C=O) groups excluding carboxylic acids is 2. The van der Waals surface area contributed by atoms with E-state index in [-0.39, 0.29) is 17.9 Å². The number of pyridine rings is 1. The van der Waals surface area contributed by atoms with Gasteiger partial charge in [0.15, 0.2) is 0 Å². The Morgan fingerprint density at radius 3 is 2.70 bits per heavy atom. The topological polar surface area (TPSA) is 62.3 Å². The highest BCUT2D eigenvalue weighted by molar-refractivity contribution is 6.06. The van der Waals surface area contributed by atoms with Crippen molar-refractivity contribution >= 4 is 17.6 Å². The third kappa shape index (κ3) is 4.05. The van der Waals surface area contributed by atoms with Crippen molar-refractivity contribution in [3.05, 3.63) is 94.2 Å². The van der Waals surface area contributed by atoms with Crippen LogP contribution in [0.2, 0.25) is 0 Å². The van der Waals surface area contributed by atoms with Gasteiger partial charge in [0.25, 0.3) is 0 Å². The molecule has 2 amide bonds. The van der Waals surface area contributed by atoms with Crippen LogP contribution in [0.4, 0.5) is 5.82 Å². The number of benzene rings is 2. The van der Waals surface area contributed by atoms with Crippen molar-refractivity contribution in [3.63, 3.8) is 0 Å². The molecule has 5 nitrogen and oxygen atoms in total. The fourth-order valence-electron chi connectivity index (χ4n) is 6.62. The standard InChI is InChI=1S/C32H35N3O2/c1-31(2,3)30(37)35(27-15-14-22-9-4-5-10-25(22)27)17-7-8-21-12-13-23-19-32(20-24(23)18-21)26-11-6-16-33-28(26)34-29(32)36/h4-6,9-13,16,18,27H,7-8,14-15,17,19-20H2,1-3H3,(H,33,34,36)/t27-,32-/m1/s1. The molecule has 0 bridgehead atoms. The van der Waals surface area contributed by atoms with Crippen molar-refractivity contribution in [1.29, 1.82) is 0 Å². The first kappa shape index (κ1) is 23.9. The minimum absolute atomic E-state index is 0.0622. The predicted octanol–water partition coefficient (Wildman–Crippen LogP) is 5.57. The van der Waals surface area contributed by atoms with E-state index in [9.17, 15) is 9.59 Å². The van der Waals surface area contributed by atoms with Gasteiger partial charge in [-0.1, -0.05) is 69.3 Å². The zero-order valence-corrected chi connectivity index (χ0v) is 22.0. The van der Waals surface area contributed by atoms with Crippen molar-refractivity contribution in [2.45, 2.75) is 70.8 Å². The lowest BCUT2D eigenvalue weighted by Gasteiger charge is -2.35. The molecule has 37 heavy (non-hydrogen) atoms. The van der Waals surface area contributed by atoms with Gasteiger partial charge in [0.1, 0.15) is 5.82 Å². The van der Waals surface area contributed by atoms with Crippen LogP contribution in [0.3, 0.4) is 0 Å². The molecule has 2 heterocycles. The predicted molar refractivity (Wildman–Crippen MR) is 145 cm³/mol. The van der Waals surface area contributed by atoms with Crippen molar-refractivity contribution in [3.8, 4) is 0 Å². The van der Waals surface area contributed by atoms with Crippen LogP contribution in [0.15, 0.2) is 60.8 Å². The molecule has 0 saturated carbocycles. The molecule has 0 unspecified atom stereocenters. The van der Waals surface area contributed by atoms with E-state index in [0.29, 0.717) is 12.2 Å². The van der Waals surface area contributed by atoms with E-state index in [1.807, 2.05) is 32.9 Å². The van der Waals surface area contributed by atoms with Gasteiger partial charge < -0.3 is 10.2 Å². The summed E-state index contributed by atoms with van der Waals surface area (Å²) in [5.41, 5.74) is 6.55.